The molecule has 0 radical (unpaired) electrons. The van der Waals surface area contributed by atoms with Gasteiger partial charge in [0, 0.05) is 11.7 Å². The third kappa shape index (κ3) is 2.65. The predicted octanol–water partition coefficient (Wildman–Crippen LogP) is -0.677. The molecule has 1 aliphatic rings. The highest BCUT2D eigenvalue weighted by molar-refractivity contribution is 6.25. The minimum absolute atomic E-state index is 0.0310. The zero-order valence-corrected chi connectivity index (χ0v) is 12.0. The Labute approximate surface area is 129 Å². The van der Waals surface area contributed by atoms with E-state index in [1.165, 1.54) is 18.3 Å². The Hall–Kier alpha value is -2.10. The molecule has 1 aromatic heterocycles. The summed E-state index contributed by atoms with van der Waals surface area (Å²) in [6.45, 7) is -0.739. The van der Waals surface area contributed by atoms with E-state index in [0.717, 1.165) is 10.1 Å². The molecule has 11 heteroatoms. The summed E-state index contributed by atoms with van der Waals surface area (Å²) in [6.07, 6.45) is 0.290. The largest absolute Gasteiger partial charge is 0.391 e. The summed E-state index contributed by atoms with van der Waals surface area (Å²) in [6, 6.07) is 1.38. The van der Waals surface area contributed by atoms with E-state index in [1.807, 2.05) is 0 Å². The highest BCUT2D eigenvalue weighted by Crippen LogP contribution is 2.42. The second-order valence-electron chi connectivity index (χ2n) is 4.59. The van der Waals surface area contributed by atoms with Gasteiger partial charge in [0.1, 0.15) is 24.1 Å². The molecule has 0 unspecified atom stereocenters. The van der Waals surface area contributed by atoms with Crippen molar-refractivity contribution in [3.8, 4) is 0 Å². The second-order valence-corrected chi connectivity index (χ2v) is 4.85. The number of anilines is 1. The Morgan fingerprint density at radius 2 is 2.45 bits per heavy atom. The van der Waals surface area contributed by atoms with Gasteiger partial charge in [0.25, 0.3) is 5.72 Å². The Morgan fingerprint density at radius 1 is 1.73 bits per heavy atom. The minimum atomic E-state index is -1.87. The molecule has 1 aliphatic heterocycles. The molecule has 1 aromatic rings. The lowest BCUT2D eigenvalue weighted by Gasteiger charge is -2.18. The van der Waals surface area contributed by atoms with Crippen LogP contribution in [0.1, 0.15) is 6.23 Å². The standard InChI is InChI=1S/C11H13ClN6O4/c12-3-1-6-8(20)11(5-19,16-17-14)22-9(6)18-4-2-7(13)15-10(18)21/h1-4,6,8-9,14,19-20H,5H2,(H-,13,15,21)/p+1/t6-,8-,9+,11+/m0/s1. The number of nitrogens with one attached hydrogen (secondary N) is 1. The molecule has 1 saturated heterocycles. The first kappa shape index (κ1) is 16.3. The monoisotopic (exact) mass is 329 g/mol. The quantitative estimate of drug-likeness (QED) is 0.422. The summed E-state index contributed by atoms with van der Waals surface area (Å²) in [5.74, 6) is -0.790. The van der Waals surface area contributed by atoms with Crippen LogP contribution in [0.15, 0.2) is 33.8 Å². The van der Waals surface area contributed by atoms with Crippen molar-refractivity contribution in [3.63, 3.8) is 0 Å². The Balaban J connectivity index is 2.54. The molecule has 22 heavy (non-hydrogen) atoms. The summed E-state index contributed by atoms with van der Waals surface area (Å²) < 4.78 is 6.60. The van der Waals surface area contributed by atoms with E-state index in [4.69, 9.17) is 27.6 Å². The first-order valence-electron chi connectivity index (χ1n) is 6.16. The smallest absolute Gasteiger partial charge is 0.351 e. The fourth-order valence-corrected chi connectivity index (χ4v) is 2.46. The van der Waals surface area contributed by atoms with Crippen LogP contribution in [0, 0.1) is 11.4 Å². The number of nitrogen functional groups attached to an aromatic ring is 1. The molecule has 1 fully saturated rings. The number of aromatic nitrogens is 2. The van der Waals surface area contributed by atoms with Gasteiger partial charge < -0.3 is 20.7 Å². The zero-order chi connectivity index (χ0) is 16.3. The second kappa shape index (κ2) is 6.34. The van der Waals surface area contributed by atoms with E-state index in [1.54, 1.807) is 0 Å². The van der Waals surface area contributed by atoms with Crippen LogP contribution in [-0.4, -0.2) is 38.2 Å². The number of aliphatic hydroxyl groups excluding tert-OH is 2. The minimum Gasteiger partial charge on any atom is -0.391 e. The highest BCUT2D eigenvalue weighted by Gasteiger charge is 2.58. The molecular formula is C11H14ClN6O4+. The molecule has 4 atom stereocenters. The number of aliphatic hydroxyl groups is 2. The van der Waals surface area contributed by atoms with Gasteiger partial charge in [-0.1, -0.05) is 17.7 Å². The molecule has 0 aromatic carbocycles. The van der Waals surface area contributed by atoms with Crippen molar-refractivity contribution in [1.29, 1.82) is 5.53 Å². The Kier molecular flexibility index (Phi) is 4.69. The lowest BCUT2D eigenvalue weighted by atomic mass is 9.96. The molecule has 0 spiro atoms. The third-order valence-corrected chi connectivity index (χ3v) is 3.49. The van der Waals surface area contributed by atoms with E-state index in [-0.39, 0.29) is 5.82 Å². The Morgan fingerprint density at radius 3 is 3.00 bits per heavy atom. The maximum atomic E-state index is 11.9. The van der Waals surface area contributed by atoms with Gasteiger partial charge in [-0.05, 0) is 6.07 Å². The van der Waals surface area contributed by atoms with E-state index < -0.39 is 36.3 Å². The molecular weight excluding hydrogens is 316 g/mol. The van der Waals surface area contributed by atoms with Gasteiger partial charge in [0.2, 0.25) is 4.91 Å². The van der Waals surface area contributed by atoms with Crippen LogP contribution in [0.3, 0.4) is 0 Å². The highest BCUT2D eigenvalue weighted by atomic mass is 35.5. The van der Waals surface area contributed by atoms with Gasteiger partial charge in [-0.3, -0.25) is 4.57 Å². The normalized spacial score (nSPS) is 31.3. The first-order chi connectivity index (χ1) is 10.5. The van der Waals surface area contributed by atoms with Crippen molar-refractivity contribution in [2.75, 3.05) is 12.3 Å². The first-order valence-corrected chi connectivity index (χ1v) is 6.59. The number of ether oxygens (including phenoxy) is 1. The van der Waals surface area contributed by atoms with Gasteiger partial charge in [-0.15, -0.1) is 0 Å². The number of halogens is 1. The average Bonchev–Trinajstić information content (AvgIpc) is 2.74. The van der Waals surface area contributed by atoms with Crippen molar-refractivity contribution in [2.45, 2.75) is 18.1 Å². The van der Waals surface area contributed by atoms with E-state index in [9.17, 15) is 15.0 Å². The van der Waals surface area contributed by atoms with Gasteiger partial charge >= 0.3 is 5.69 Å². The number of nitrogens with two attached hydrogens (primary N) is 1. The molecule has 2 heterocycles. The van der Waals surface area contributed by atoms with Crippen molar-refractivity contribution in [3.05, 3.63) is 34.4 Å². The van der Waals surface area contributed by atoms with E-state index in [2.05, 4.69) is 15.0 Å². The summed E-state index contributed by atoms with van der Waals surface area (Å²) in [5.41, 5.74) is 10.8. The number of nitrogens with zero attached hydrogens (tertiary/aromatic N) is 4. The fraction of sp³-hybridized carbons (Fsp3) is 0.455. The molecule has 5 N–H and O–H groups in total. The topological polar surface area (TPSA) is 161 Å². The predicted molar refractivity (Wildman–Crippen MR) is 74.6 cm³/mol. The summed E-state index contributed by atoms with van der Waals surface area (Å²) in [5, 5.41) is 23.3. The average molecular weight is 330 g/mol. The maximum absolute atomic E-state index is 11.9. The molecule has 0 aliphatic carbocycles. The number of hydrogen-bond acceptors (Lipinski definition) is 8. The molecule has 2 rings (SSSR count). The third-order valence-electron chi connectivity index (χ3n) is 3.35. The van der Waals surface area contributed by atoms with E-state index in [0.29, 0.717) is 0 Å². The summed E-state index contributed by atoms with van der Waals surface area (Å²) in [7, 11) is 0. The van der Waals surface area contributed by atoms with Crippen LogP contribution >= 0.6 is 11.6 Å². The molecule has 10 nitrogen and oxygen atoms in total. The van der Waals surface area contributed by atoms with Crippen molar-refractivity contribution in [2.24, 2.45) is 11.0 Å². The SMILES string of the molecule is N=[N+]=N[C@]1(CO)O[C@@H](n2ccc(N)nc2=O)[C@@H](C=CCl)[C@@H]1O. The van der Waals surface area contributed by atoms with Crippen LogP contribution in [0.25, 0.3) is 0 Å². The molecule has 118 valence electrons. The van der Waals surface area contributed by atoms with Crippen LogP contribution < -0.4 is 16.3 Å². The number of rotatable bonds is 4. The van der Waals surface area contributed by atoms with Gasteiger partial charge in [0.15, 0.2) is 11.3 Å². The van der Waals surface area contributed by atoms with Crippen molar-refractivity contribution in [1.82, 2.24) is 14.5 Å². The summed E-state index contributed by atoms with van der Waals surface area (Å²) in [4.78, 5) is 18.3. The fourth-order valence-electron chi connectivity index (χ4n) is 2.29. The van der Waals surface area contributed by atoms with Crippen LogP contribution in [0.2, 0.25) is 0 Å². The van der Waals surface area contributed by atoms with Crippen molar-refractivity contribution < 1.29 is 14.9 Å². The van der Waals surface area contributed by atoms with Gasteiger partial charge in [0.05, 0.1) is 5.92 Å². The number of hydrogen-bond donors (Lipinski definition) is 4. The molecule has 0 amide bonds. The lowest BCUT2D eigenvalue weighted by Crippen LogP contribution is -2.43. The van der Waals surface area contributed by atoms with Crippen LogP contribution in [0.5, 0.6) is 0 Å². The van der Waals surface area contributed by atoms with Gasteiger partial charge in [-0.2, -0.15) is 4.98 Å². The summed E-state index contributed by atoms with van der Waals surface area (Å²) >= 11 is 5.55. The Bertz CT molecular complexity index is 687. The van der Waals surface area contributed by atoms with Gasteiger partial charge in [-0.25, -0.2) is 4.79 Å². The van der Waals surface area contributed by atoms with Crippen molar-refractivity contribution >= 4 is 17.4 Å². The lowest BCUT2D eigenvalue weighted by molar-refractivity contribution is -0.128. The maximum Gasteiger partial charge on any atom is 0.351 e. The van der Waals surface area contributed by atoms with Crippen LogP contribution in [0.4, 0.5) is 5.82 Å². The zero-order valence-electron chi connectivity index (χ0n) is 11.2. The van der Waals surface area contributed by atoms with Crippen LogP contribution in [-0.2, 0) is 4.74 Å². The molecule has 0 bridgehead atoms. The van der Waals surface area contributed by atoms with E-state index >= 15 is 0 Å². The molecule has 0 saturated carbocycles.